The molecule has 0 nitrogen and oxygen atoms in total. The van der Waals surface area contributed by atoms with Crippen LogP contribution in [0.5, 0.6) is 0 Å². The van der Waals surface area contributed by atoms with Crippen molar-refractivity contribution in [2.45, 2.75) is 28.2 Å². The molecule has 0 aliphatic heterocycles. The second-order valence-electron chi connectivity index (χ2n) is 2.53. The molecule has 0 radical (unpaired) electrons. The van der Waals surface area contributed by atoms with Crippen LogP contribution >= 0.6 is 11.3 Å². The van der Waals surface area contributed by atoms with Gasteiger partial charge in [0.25, 0.3) is 0 Å². The highest BCUT2D eigenvalue weighted by Crippen LogP contribution is 1.91. The van der Waals surface area contributed by atoms with Gasteiger partial charge in [-0.05, 0) is 16.7 Å². The minimum absolute atomic E-state index is 0. The first-order valence-electron chi connectivity index (χ1n) is 3.20. The molecule has 1 heteroatoms. The molecule has 0 aliphatic rings. The third kappa shape index (κ3) is 15.6. The van der Waals surface area contributed by atoms with Crippen molar-refractivity contribution in [1.82, 2.24) is 0 Å². The first kappa shape index (κ1) is 12.4. The van der Waals surface area contributed by atoms with E-state index in [0.29, 0.717) is 0 Å². The van der Waals surface area contributed by atoms with Gasteiger partial charge in [0.1, 0.15) is 0 Å². The molecule has 1 aromatic heterocycles. The summed E-state index contributed by atoms with van der Waals surface area (Å²) >= 11 is 1.71. The van der Waals surface area contributed by atoms with Crippen LogP contribution in [0.15, 0.2) is 22.9 Å². The summed E-state index contributed by atoms with van der Waals surface area (Å²) in [6.45, 7) is 6.50. The predicted octanol–water partition coefficient (Wildman–Crippen LogP) is 4.05. The summed E-state index contributed by atoms with van der Waals surface area (Å²) in [7, 11) is 0. The minimum Gasteiger partial charge on any atom is -0.152 e. The summed E-state index contributed by atoms with van der Waals surface area (Å²) in [5, 5.41) is 4.08. The lowest BCUT2D eigenvalue weighted by Gasteiger charge is -1.79. The van der Waals surface area contributed by atoms with Crippen molar-refractivity contribution in [2.24, 2.45) is 5.92 Å². The smallest absolute Gasteiger partial charge is 0.00934 e. The highest BCUT2D eigenvalue weighted by atomic mass is 32.1. The Bertz CT molecular complexity index is 88.3. The molecule has 0 N–H and O–H groups in total. The van der Waals surface area contributed by atoms with Gasteiger partial charge in [-0.1, -0.05) is 40.3 Å². The molecule has 10 heavy (non-hydrogen) atoms. The largest absolute Gasteiger partial charge is 0.152 e. The van der Waals surface area contributed by atoms with E-state index in [1.807, 2.05) is 22.9 Å². The quantitative estimate of drug-likeness (QED) is 0.534. The van der Waals surface area contributed by atoms with Crippen molar-refractivity contribution < 1.29 is 0 Å². The second kappa shape index (κ2) is 8.70. The van der Waals surface area contributed by atoms with E-state index >= 15 is 0 Å². The van der Waals surface area contributed by atoms with Crippen molar-refractivity contribution in [3.05, 3.63) is 22.9 Å². The molecule has 0 saturated heterocycles. The molecule has 0 fully saturated rings. The van der Waals surface area contributed by atoms with E-state index in [-0.39, 0.29) is 7.43 Å². The Labute approximate surface area is 68.9 Å². The Hall–Kier alpha value is -0.300. The molecule has 1 heterocycles. The predicted molar refractivity (Wildman–Crippen MR) is 51.6 cm³/mol. The lowest BCUT2D eigenvalue weighted by Crippen LogP contribution is -1.66. The van der Waals surface area contributed by atoms with Gasteiger partial charge in [0.15, 0.2) is 0 Å². The number of thiophene rings is 1. The van der Waals surface area contributed by atoms with Crippen LogP contribution in [-0.4, -0.2) is 0 Å². The van der Waals surface area contributed by atoms with Gasteiger partial charge in [0.05, 0.1) is 0 Å². The Morgan fingerprint density at radius 2 is 1.30 bits per heavy atom. The third-order valence-corrected chi connectivity index (χ3v) is 1.05. The van der Waals surface area contributed by atoms with Crippen LogP contribution in [0, 0.1) is 5.92 Å². The molecule has 0 aromatic carbocycles. The highest BCUT2D eigenvalue weighted by Gasteiger charge is 1.68. The van der Waals surface area contributed by atoms with Crippen molar-refractivity contribution in [3.63, 3.8) is 0 Å². The van der Waals surface area contributed by atoms with Crippen molar-refractivity contribution in [1.29, 1.82) is 0 Å². The van der Waals surface area contributed by atoms with Gasteiger partial charge < -0.3 is 0 Å². The zero-order valence-electron chi connectivity index (χ0n) is 6.29. The zero-order chi connectivity index (χ0) is 7.11. The monoisotopic (exact) mass is 158 g/mol. The fourth-order valence-electron chi connectivity index (χ4n) is 0.227. The fourth-order valence-corrected chi connectivity index (χ4v) is 0.680. The van der Waals surface area contributed by atoms with Crippen LogP contribution in [0.4, 0.5) is 0 Å². The Balaban J connectivity index is 0. The molecule has 0 unspecified atom stereocenters. The normalized spacial score (nSPS) is 7.60. The molecule has 0 bridgehead atoms. The summed E-state index contributed by atoms with van der Waals surface area (Å²) in [4.78, 5) is 0. The van der Waals surface area contributed by atoms with Crippen LogP contribution in [0.3, 0.4) is 0 Å². The zero-order valence-corrected chi connectivity index (χ0v) is 7.11. The van der Waals surface area contributed by atoms with E-state index in [4.69, 9.17) is 0 Å². The van der Waals surface area contributed by atoms with E-state index in [9.17, 15) is 0 Å². The van der Waals surface area contributed by atoms with E-state index in [0.717, 1.165) is 5.92 Å². The third-order valence-electron chi connectivity index (χ3n) is 0.425. The topological polar surface area (TPSA) is 0 Å². The van der Waals surface area contributed by atoms with Gasteiger partial charge in [-0.25, -0.2) is 0 Å². The van der Waals surface area contributed by atoms with Crippen LogP contribution in [-0.2, 0) is 0 Å². The maximum atomic E-state index is 2.17. The Kier molecular flexibility index (Phi) is 10.8. The van der Waals surface area contributed by atoms with Crippen LogP contribution in [0.1, 0.15) is 28.2 Å². The lowest BCUT2D eigenvalue weighted by molar-refractivity contribution is 0.737. The van der Waals surface area contributed by atoms with Gasteiger partial charge in [-0.2, -0.15) is 11.3 Å². The second-order valence-corrected chi connectivity index (χ2v) is 3.34. The first-order chi connectivity index (χ1) is 4.23. The molecule has 60 valence electrons. The van der Waals surface area contributed by atoms with Crippen LogP contribution < -0.4 is 0 Å². The van der Waals surface area contributed by atoms with E-state index < -0.39 is 0 Å². The number of rotatable bonds is 0. The van der Waals surface area contributed by atoms with Gasteiger partial charge >= 0.3 is 0 Å². The molecule has 0 spiro atoms. The SMILES string of the molecule is C.CC(C)C.c1ccsc1. The number of hydrogen-bond donors (Lipinski definition) is 0. The molecule has 0 amide bonds. The van der Waals surface area contributed by atoms with E-state index in [1.54, 1.807) is 11.3 Å². The summed E-state index contributed by atoms with van der Waals surface area (Å²) in [5.74, 6) is 0.833. The first-order valence-corrected chi connectivity index (χ1v) is 4.15. The van der Waals surface area contributed by atoms with Crippen molar-refractivity contribution >= 4 is 11.3 Å². The van der Waals surface area contributed by atoms with Gasteiger partial charge in [0, 0.05) is 0 Å². The number of hydrogen-bond acceptors (Lipinski definition) is 1. The molecular formula is C9H18S. The van der Waals surface area contributed by atoms with Crippen LogP contribution in [0.25, 0.3) is 0 Å². The lowest BCUT2D eigenvalue weighted by atomic mass is 10.3. The molecule has 0 aliphatic carbocycles. The van der Waals surface area contributed by atoms with Gasteiger partial charge in [-0.3, -0.25) is 0 Å². The van der Waals surface area contributed by atoms with Crippen LogP contribution in [0.2, 0.25) is 0 Å². The molecule has 1 rings (SSSR count). The highest BCUT2D eigenvalue weighted by molar-refractivity contribution is 7.07. The maximum Gasteiger partial charge on any atom is -0.00934 e. The van der Waals surface area contributed by atoms with Crippen molar-refractivity contribution in [3.8, 4) is 0 Å². The Morgan fingerprint density at radius 1 is 1.00 bits per heavy atom. The summed E-state index contributed by atoms with van der Waals surface area (Å²) in [6, 6.07) is 4.04. The molecular weight excluding hydrogens is 140 g/mol. The van der Waals surface area contributed by atoms with Gasteiger partial charge in [-0.15, -0.1) is 0 Å². The molecule has 0 atom stereocenters. The average molecular weight is 158 g/mol. The standard InChI is InChI=1S/C4H4S.C4H10.CH4/c1-2-4-5-3-1;1-4(2)3;/h1-4H;4H,1-3H3;1H4. The Morgan fingerprint density at radius 3 is 1.40 bits per heavy atom. The maximum absolute atomic E-state index is 2.17. The van der Waals surface area contributed by atoms with Crippen molar-refractivity contribution in [2.75, 3.05) is 0 Å². The summed E-state index contributed by atoms with van der Waals surface area (Å²) < 4.78 is 0. The van der Waals surface area contributed by atoms with Gasteiger partial charge in [0.2, 0.25) is 0 Å². The van der Waals surface area contributed by atoms with E-state index in [1.165, 1.54) is 0 Å². The molecule has 1 aromatic rings. The average Bonchev–Trinajstić information content (AvgIpc) is 2.11. The van der Waals surface area contributed by atoms with E-state index in [2.05, 4.69) is 20.8 Å². The molecule has 0 saturated carbocycles. The summed E-state index contributed by atoms with van der Waals surface area (Å²) in [5.41, 5.74) is 0. The fraction of sp³-hybridized carbons (Fsp3) is 0.556. The minimum atomic E-state index is 0. The summed E-state index contributed by atoms with van der Waals surface area (Å²) in [6.07, 6.45) is 0.